The summed E-state index contributed by atoms with van der Waals surface area (Å²) in [5.74, 6) is 2.88. The Hall–Kier alpha value is -12.2. The number of H-pyrrole nitrogens is 4. The molecular weight excluding hydrogens is 1910 g/mol. The molecule has 5 aromatic carbocycles. The van der Waals surface area contributed by atoms with Crippen molar-refractivity contribution >= 4 is 82.5 Å². The van der Waals surface area contributed by atoms with Crippen LogP contribution in [0.5, 0.6) is 0 Å². The molecule has 148 heavy (non-hydrogen) atoms. The number of fused-ring (bicyclic) bond motifs is 5. The maximum absolute atomic E-state index is 13.5. The summed E-state index contributed by atoms with van der Waals surface area (Å²) in [7, 11) is 11.0. The number of para-hydroxylation sites is 8. The number of aryl methyl sites for hydroxylation is 4. The van der Waals surface area contributed by atoms with Gasteiger partial charge in [-0.3, -0.25) is 49.4 Å². The Kier molecular flexibility index (Phi) is 34.6. The zero-order valence-corrected chi connectivity index (χ0v) is 89.1. The fourth-order valence-corrected chi connectivity index (χ4v) is 24.8. The maximum Gasteiger partial charge on any atom is 0.250 e. The Balaban J connectivity index is 0.000000117. The first-order valence-electron chi connectivity index (χ1n) is 54.3. The van der Waals surface area contributed by atoms with Gasteiger partial charge in [0.05, 0.1) is 157 Å². The zero-order chi connectivity index (χ0) is 102. The molecule has 18 heterocycles. The lowest BCUT2D eigenvalue weighted by atomic mass is 9.91. The fraction of sp³-hybridized carbons (Fsp3) is 0.475. The van der Waals surface area contributed by atoms with Crippen LogP contribution in [0.15, 0.2) is 211 Å². The summed E-state index contributed by atoms with van der Waals surface area (Å²) in [6.07, 6.45) is 31.3. The van der Waals surface area contributed by atoms with Crippen molar-refractivity contribution in [3.05, 3.63) is 286 Å². The van der Waals surface area contributed by atoms with Gasteiger partial charge in [0.2, 0.25) is 0 Å². The number of hydrogen-bond donors (Lipinski definition) is 4. The van der Waals surface area contributed by atoms with E-state index in [-0.39, 0.29) is 49.1 Å². The van der Waals surface area contributed by atoms with Crippen molar-refractivity contribution < 1.29 is 8.78 Å². The monoisotopic (exact) mass is 2060 g/mol. The zero-order valence-electron chi connectivity index (χ0n) is 87.5. The van der Waals surface area contributed by atoms with Crippen LogP contribution in [0.3, 0.4) is 0 Å². The Bertz CT molecular complexity index is 6870. The van der Waals surface area contributed by atoms with E-state index in [1.54, 1.807) is 0 Å². The predicted octanol–water partition coefficient (Wildman–Crippen LogP) is 23.8. The molecule has 4 N–H and O–H groups in total. The van der Waals surface area contributed by atoms with Gasteiger partial charge in [0.15, 0.2) is 0 Å². The largest absolute Gasteiger partial charge is 0.367 e. The van der Waals surface area contributed by atoms with Crippen molar-refractivity contribution in [3.63, 3.8) is 0 Å². The number of rotatable bonds is 23. The second kappa shape index (κ2) is 49.1. The molecule has 8 saturated heterocycles. The number of pyridine rings is 5. The normalized spacial score (nSPS) is 22.7. The summed E-state index contributed by atoms with van der Waals surface area (Å²) in [6.45, 7) is 19.6. The second-order valence-corrected chi connectivity index (χ2v) is 42.9. The third kappa shape index (κ3) is 24.3. The van der Waals surface area contributed by atoms with Crippen molar-refractivity contribution in [2.45, 2.75) is 241 Å². The van der Waals surface area contributed by atoms with Crippen molar-refractivity contribution in [1.82, 2.24) is 114 Å². The minimum absolute atomic E-state index is 0.0204. The first kappa shape index (κ1) is 104. The SMILES string of the molecule is CN1CCN(c2cccc3[nH]c([C@H]4CCC[C@@H](c5ccccn5)N4C)nc23)CC1.CN1CCN(c2cccc3[nH]c([C@H]4CCC[C@@H](c5ncccc5Br)N4C)nc23)CC1.Cc1cccnc1[C@@H]1CCC[C@H](c2nc3ccccc3[nH]2)N1CCCC#N.Cc1cccnc1[C@@H]1CCC[C@H](c2nc3ccccc3[nH]2)N1CCCCC#N.Cc1cccnc1[C@@H]1CCC[C@H](c2nc3ccccc3n2CCCN2CCC(F)(F)CC2)N1C. The smallest absolute Gasteiger partial charge is 0.250 e. The number of nitrogens with one attached hydrogen (secondary N) is 4. The number of nitrogens with zero attached hydrogens (tertiary/aromatic N) is 23. The van der Waals surface area contributed by atoms with E-state index in [9.17, 15) is 8.78 Å². The number of piperidine rings is 6. The number of aromatic nitrogens is 15. The van der Waals surface area contributed by atoms with Crippen LogP contribution in [-0.2, 0) is 6.54 Å². The number of benzene rings is 5. The van der Waals surface area contributed by atoms with E-state index < -0.39 is 5.92 Å². The van der Waals surface area contributed by atoms with Gasteiger partial charge in [0, 0.05) is 140 Å². The summed E-state index contributed by atoms with van der Waals surface area (Å²) in [4.78, 5) is 87.4. The number of piperazine rings is 2. The number of unbranched alkanes of at least 4 members (excludes halogenated alkanes) is 3. The van der Waals surface area contributed by atoms with Crippen LogP contribution >= 0.6 is 15.9 Å². The van der Waals surface area contributed by atoms with Crippen LogP contribution in [-0.4, -0.2) is 240 Å². The molecule has 8 fully saturated rings. The van der Waals surface area contributed by atoms with Crippen LogP contribution in [0, 0.1) is 43.4 Å². The van der Waals surface area contributed by atoms with E-state index in [4.69, 9.17) is 50.4 Å². The Morgan fingerprint density at radius 2 is 0.757 bits per heavy atom. The van der Waals surface area contributed by atoms with Gasteiger partial charge >= 0.3 is 0 Å². The van der Waals surface area contributed by atoms with Crippen LogP contribution in [0.2, 0.25) is 0 Å². The van der Waals surface area contributed by atoms with Gasteiger partial charge in [-0.05, 0) is 327 Å². The molecule has 8 aliphatic rings. The van der Waals surface area contributed by atoms with Crippen molar-refractivity contribution in [2.24, 2.45) is 0 Å². The first-order valence-corrected chi connectivity index (χ1v) is 55.1. The Labute approximate surface area is 879 Å². The molecular formula is C118H146BrF2N27. The van der Waals surface area contributed by atoms with Gasteiger partial charge in [0.25, 0.3) is 5.92 Å². The maximum atomic E-state index is 13.5. The lowest BCUT2D eigenvalue weighted by Gasteiger charge is -2.41. The molecule has 0 bridgehead atoms. The number of halogens is 3. The number of likely N-dealkylation sites (tertiary alicyclic amines) is 6. The van der Waals surface area contributed by atoms with E-state index in [1.165, 1.54) is 52.3 Å². The van der Waals surface area contributed by atoms with Crippen LogP contribution in [0.25, 0.3) is 55.2 Å². The second-order valence-electron chi connectivity index (χ2n) is 42.0. The number of anilines is 2. The molecule has 30 heteroatoms. The number of hydrogen-bond acceptors (Lipinski definition) is 22. The molecule has 27 nitrogen and oxygen atoms in total. The molecule has 8 aliphatic heterocycles. The number of aromatic amines is 4. The van der Waals surface area contributed by atoms with E-state index in [1.807, 2.05) is 91.6 Å². The highest BCUT2D eigenvalue weighted by Crippen LogP contribution is 2.49. The highest BCUT2D eigenvalue weighted by molar-refractivity contribution is 9.10. The average molecular weight is 2060 g/mol. The Morgan fingerprint density at radius 3 is 1.26 bits per heavy atom. The van der Waals surface area contributed by atoms with Gasteiger partial charge in [0.1, 0.15) is 40.2 Å². The van der Waals surface area contributed by atoms with Crippen LogP contribution < -0.4 is 9.80 Å². The van der Waals surface area contributed by atoms with Crippen LogP contribution in [0.4, 0.5) is 20.2 Å². The van der Waals surface area contributed by atoms with Gasteiger partial charge < -0.3 is 49.0 Å². The molecule has 10 aromatic heterocycles. The first-order chi connectivity index (χ1) is 72.3. The van der Waals surface area contributed by atoms with Gasteiger partial charge in [-0.1, -0.05) is 72.8 Å². The summed E-state index contributed by atoms with van der Waals surface area (Å²) in [5.41, 5.74) is 22.9. The molecule has 15 aromatic rings. The Morgan fingerprint density at radius 1 is 0.351 bits per heavy atom. The van der Waals surface area contributed by atoms with E-state index in [0.29, 0.717) is 50.1 Å². The topological polar surface area (TPSA) is 277 Å². The van der Waals surface area contributed by atoms with E-state index in [0.717, 1.165) is 294 Å². The minimum Gasteiger partial charge on any atom is -0.367 e. The standard InChI is InChI=1S/C27H35F2N5.C23H29BrN6.C23H30N6.C23H27N5.C22H25N5/c1-20-8-6-15-30-25(20)23-11-5-12-24(32(23)2)26-31-21-9-3-4-10-22(21)34(26)17-7-16-33-18-13-27(28,29)14-19-33;1-28-12-14-30(15-13-28)19-9-3-7-17-22(19)27-23(26-17)20-10-4-8-18(29(20)2)21-16(24)6-5-11-25-21;1-27-13-15-29(16-14-27)20-10-5-8-18-22(20)26-23(25-18)21-11-6-9-19(28(21)2)17-7-3-4-12-24-17;1-17-9-8-15-25-22(17)20-12-7-13-21(28(20)16-6-2-5-14-24)23-26-18-10-3-4-11-19(18)27-23;1-16-8-7-14-24-21(16)19-11-6-12-20(27(19)15-5-4-13-23)22-25-17-9-2-3-10-18(17)26-22/h3-4,6,8-10,15,23-24H,5,7,11-14,16-19H2,1-2H3;3,5-7,9,11,18,20H,4,8,10,12-15H2,1-2H3,(H,26,27);3-5,7-8,10,12,19,21H,6,9,11,13-16H2,1-2H3,(H,25,26);3-4,8-11,15,20-21H,2,5-7,12-13,16H2,1H3,(H,26,27);2-3,7-10,14,19-20H,4-6,11-12,15H2,1H3,(H,25,26)/t23-,24+;18-,20+;19-,21+;20-,21+;19-,20+/m00000/s1. The van der Waals surface area contributed by atoms with Crippen molar-refractivity contribution in [2.75, 3.05) is 130 Å². The number of imidazole rings is 5. The number of likely N-dealkylation sites (N-methyl/N-ethyl adjacent to an activating group) is 2. The van der Waals surface area contributed by atoms with Crippen LogP contribution in [0.1, 0.15) is 282 Å². The summed E-state index contributed by atoms with van der Waals surface area (Å²) in [5, 5.41) is 17.9. The van der Waals surface area contributed by atoms with Crippen molar-refractivity contribution in [3.8, 4) is 12.1 Å². The lowest BCUT2D eigenvalue weighted by molar-refractivity contribution is -0.0552. The van der Waals surface area contributed by atoms with Gasteiger partial charge in [-0.15, -0.1) is 0 Å². The third-order valence-corrected chi connectivity index (χ3v) is 33.1. The molecule has 0 amide bonds. The average Bonchev–Trinajstić information content (AvgIpc) is 1.62. The third-order valence-electron chi connectivity index (χ3n) is 32.4. The molecule has 0 saturated carbocycles. The van der Waals surface area contributed by atoms with E-state index >= 15 is 0 Å². The van der Waals surface area contributed by atoms with Gasteiger partial charge in [-0.2, -0.15) is 10.5 Å². The molecule has 10 atom stereocenters. The number of nitriles is 2. The highest BCUT2D eigenvalue weighted by atomic mass is 79.9. The molecule has 0 radical (unpaired) electrons. The van der Waals surface area contributed by atoms with Crippen molar-refractivity contribution in [1.29, 1.82) is 10.5 Å². The molecule has 23 rings (SSSR count). The fourth-order valence-electron chi connectivity index (χ4n) is 24.3. The molecule has 0 aliphatic carbocycles. The lowest BCUT2D eigenvalue weighted by Crippen LogP contribution is -2.44. The molecule has 774 valence electrons. The summed E-state index contributed by atoms with van der Waals surface area (Å²) in [6, 6.07) is 67.9. The minimum atomic E-state index is -2.49. The number of alkyl halides is 2. The quantitative estimate of drug-likeness (QED) is 0.0433. The summed E-state index contributed by atoms with van der Waals surface area (Å²) < 4.78 is 30.5. The summed E-state index contributed by atoms with van der Waals surface area (Å²) >= 11 is 3.70. The molecule has 0 unspecified atom stereocenters. The highest BCUT2D eigenvalue weighted by Gasteiger charge is 2.42. The van der Waals surface area contributed by atoms with Gasteiger partial charge in [-0.25, -0.2) is 33.7 Å². The van der Waals surface area contributed by atoms with E-state index in [2.05, 4.69) is 283 Å². The predicted molar refractivity (Wildman–Crippen MR) is 590 cm³/mol. The molecule has 0 spiro atoms.